The van der Waals surface area contributed by atoms with Crippen LogP contribution in [-0.2, 0) is 4.74 Å². The number of nitrogens with two attached hydrogens (primary N) is 1. The molecule has 1 saturated carbocycles. The first-order valence-electron chi connectivity index (χ1n) is 8.41. The van der Waals surface area contributed by atoms with Crippen LogP contribution in [-0.4, -0.2) is 68.3 Å². The Bertz CT molecular complexity index is 273. The van der Waals surface area contributed by atoms with E-state index in [0.29, 0.717) is 0 Å². The van der Waals surface area contributed by atoms with Crippen molar-refractivity contribution in [3.05, 3.63) is 0 Å². The van der Waals surface area contributed by atoms with Gasteiger partial charge >= 0.3 is 0 Å². The Morgan fingerprint density at radius 3 is 2.55 bits per heavy atom. The number of nitrogens with zero attached hydrogens (tertiary/aromatic N) is 2. The van der Waals surface area contributed by atoms with Crippen LogP contribution in [0.4, 0.5) is 0 Å². The van der Waals surface area contributed by atoms with Crippen LogP contribution in [0.3, 0.4) is 0 Å². The van der Waals surface area contributed by atoms with Gasteiger partial charge in [0, 0.05) is 25.2 Å². The van der Waals surface area contributed by atoms with Crippen LogP contribution in [0.5, 0.6) is 0 Å². The lowest BCUT2D eigenvalue weighted by Crippen LogP contribution is -2.58. The topological polar surface area (TPSA) is 41.7 Å². The van der Waals surface area contributed by atoms with Crippen molar-refractivity contribution in [1.82, 2.24) is 9.80 Å². The highest BCUT2D eigenvalue weighted by Crippen LogP contribution is 2.29. The molecule has 1 saturated heterocycles. The molecule has 4 nitrogen and oxygen atoms in total. The fraction of sp³-hybridized carbons (Fsp3) is 1.00. The summed E-state index contributed by atoms with van der Waals surface area (Å²) in [7, 11) is 2.23. The van der Waals surface area contributed by atoms with E-state index in [4.69, 9.17) is 10.5 Å². The van der Waals surface area contributed by atoms with Crippen LogP contribution in [0.2, 0.25) is 0 Å². The smallest absolute Gasteiger partial charge is 0.0593 e. The van der Waals surface area contributed by atoms with Crippen LogP contribution in [0, 0.1) is 5.92 Å². The summed E-state index contributed by atoms with van der Waals surface area (Å²) in [6.45, 7) is 9.48. The molecule has 0 aromatic rings. The fourth-order valence-electron chi connectivity index (χ4n) is 3.22. The van der Waals surface area contributed by atoms with E-state index >= 15 is 0 Å². The van der Waals surface area contributed by atoms with Crippen molar-refractivity contribution < 1.29 is 4.74 Å². The number of hydrogen-bond acceptors (Lipinski definition) is 4. The average molecular weight is 283 g/mol. The molecule has 0 atom stereocenters. The maximum absolute atomic E-state index is 6.12. The highest BCUT2D eigenvalue weighted by Gasteiger charge is 2.36. The van der Waals surface area contributed by atoms with Crippen molar-refractivity contribution in [2.24, 2.45) is 11.7 Å². The molecule has 0 aromatic heterocycles. The van der Waals surface area contributed by atoms with Crippen LogP contribution in [0.1, 0.15) is 39.0 Å². The second kappa shape index (κ2) is 7.74. The Kier molecular flexibility index (Phi) is 6.27. The summed E-state index contributed by atoms with van der Waals surface area (Å²) in [5, 5.41) is 0. The van der Waals surface area contributed by atoms with E-state index in [1.807, 2.05) is 0 Å². The van der Waals surface area contributed by atoms with Gasteiger partial charge in [-0.1, -0.05) is 6.92 Å². The molecule has 118 valence electrons. The molecule has 0 aromatic carbocycles. The zero-order valence-corrected chi connectivity index (χ0v) is 13.4. The van der Waals surface area contributed by atoms with E-state index in [1.54, 1.807) is 0 Å². The Balaban J connectivity index is 1.71. The van der Waals surface area contributed by atoms with Crippen molar-refractivity contribution in [1.29, 1.82) is 0 Å². The molecule has 0 spiro atoms. The Morgan fingerprint density at radius 1 is 1.30 bits per heavy atom. The Hall–Kier alpha value is -0.160. The summed E-state index contributed by atoms with van der Waals surface area (Å²) in [5.41, 5.74) is 6.32. The van der Waals surface area contributed by atoms with Crippen LogP contribution in [0.25, 0.3) is 0 Å². The zero-order chi connectivity index (χ0) is 14.4. The van der Waals surface area contributed by atoms with E-state index < -0.39 is 0 Å². The highest BCUT2D eigenvalue weighted by molar-refractivity contribution is 4.95. The van der Waals surface area contributed by atoms with Gasteiger partial charge in [-0.05, 0) is 64.7 Å². The maximum atomic E-state index is 6.12. The van der Waals surface area contributed by atoms with Gasteiger partial charge in [-0.15, -0.1) is 0 Å². The van der Waals surface area contributed by atoms with Gasteiger partial charge in [-0.3, -0.25) is 4.90 Å². The molecular weight excluding hydrogens is 250 g/mol. The number of rotatable bonds is 9. The second-order valence-electron chi connectivity index (χ2n) is 6.71. The minimum absolute atomic E-state index is 0.202. The van der Waals surface area contributed by atoms with E-state index in [0.717, 1.165) is 32.2 Å². The van der Waals surface area contributed by atoms with Gasteiger partial charge in [0.25, 0.3) is 0 Å². The molecule has 0 amide bonds. The van der Waals surface area contributed by atoms with E-state index in [2.05, 4.69) is 23.8 Å². The molecule has 2 fully saturated rings. The molecule has 2 N–H and O–H groups in total. The van der Waals surface area contributed by atoms with Crippen molar-refractivity contribution in [3.63, 3.8) is 0 Å². The van der Waals surface area contributed by atoms with E-state index in [9.17, 15) is 0 Å². The third-order valence-electron chi connectivity index (χ3n) is 5.14. The summed E-state index contributed by atoms with van der Waals surface area (Å²) in [6.07, 6.45) is 6.39. The lowest BCUT2D eigenvalue weighted by Gasteiger charge is -2.47. The Labute approximate surface area is 124 Å². The first-order chi connectivity index (χ1) is 9.70. The van der Waals surface area contributed by atoms with Gasteiger partial charge in [-0.25, -0.2) is 0 Å². The standard InChI is InChI=1S/C16H33N3O/c1-3-8-19-9-6-16(14-17,7-10-19)18(2)11-12-20-13-15-4-5-15/h15H,3-14,17H2,1-2H3. The first kappa shape index (κ1) is 16.2. The SMILES string of the molecule is CCCN1CCC(CN)(N(C)CCOCC2CC2)CC1. The minimum Gasteiger partial charge on any atom is -0.380 e. The van der Waals surface area contributed by atoms with Crippen molar-refractivity contribution in [2.45, 2.75) is 44.6 Å². The van der Waals surface area contributed by atoms with E-state index in [1.165, 1.54) is 51.7 Å². The molecular formula is C16H33N3O. The monoisotopic (exact) mass is 283 g/mol. The lowest BCUT2D eigenvalue weighted by atomic mass is 9.86. The van der Waals surface area contributed by atoms with Gasteiger partial charge in [0.05, 0.1) is 6.61 Å². The summed E-state index contributed by atoms with van der Waals surface area (Å²) < 4.78 is 5.78. The summed E-state index contributed by atoms with van der Waals surface area (Å²) >= 11 is 0. The zero-order valence-electron chi connectivity index (χ0n) is 13.4. The van der Waals surface area contributed by atoms with Crippen LogP contribution in [0.15, 0.2) is 0 Å². The number of ether oxygens (including phenoxy) is 1. The number of likely N-dealkylation sites (tertiary alicyclic amines) is 1. The minimum atomic E-state index is 0.202. The van der Waals surface area contributed by atoms with Gasteiger partial charge < -0.3 is 15.4 Å². The third-order valence-corrected chi connectivity index (χ3v) is 5.14. The van der Waals surface area contributed by atoms with Crippen molar-refractivity contribution in [3.8, 4) is 0 Å². The molecule has 0 unspecified atom stereocenters. The molecule has 0 radical (unpaired) electrons. The maximum Gasteiger partial charge on any atom is 0.0593 e. The van der Waals surface area contributed by atoms with Gasteiger partial charge in [0.15, 0.2) is 0 Å². The second-order valence-corrected chi connectivity index (χ2v) is 6.71. The molecule has 1 aliphatic carbocycles. The lowest BCUT2D eigenvalue weighted by molar-refractivity contribution is 0.0194. The Morgan fingerprint density at radius 2 is 2.00 bits per heavy atom. The molecule has 1 aliphatic heterocycles. The quantitative estimate of drug-likeness (QED) is 0.652. The summed E-state index contributed by atoms with van der Waals surface area (Å²) in [6, 6.07) is 0. The molecule has 0 bridgehead atoms. The van der Waals surface area contributed by atoms with Gasteiger partial charge in [-0.2, -0.15) is 0 Å². The molecule has 2 aliphatic rings. The van der Waals surface area contributed by atoms with Crippen LogP contribution < -0.4 is 5.73 Å². The van der Waals surface area contributed by atoms with Gasteiger partial charge in [0.1, 0.15) is 0 Å². The molecule has 1 heterocycles. The number of likely N-dealkylation sites (N-methyl/N-ethyl adjacent to an activating group) is 1. The van der Waals surface area contributed by atoms with Gasteiger partial charge in [0.2, 0.25) is 0 Å². The predicted octanol–water partition coefficient (Wildman–Crippen LogP) is 1.55. The number of piperidine rings is 1. The third kappa shape index (κ3) is 4.42. The highest BCUT2D eigenvalue weighted by atomic mass is 16.5. The molecule has 2 rings (SSSR count). The summed E-state index contributed by atoms with van der Waals surface area (Å²) in [5.74, 6) is 0.862. The van der Waals surface area contributed by atoms with Crippen molar-refractivity contribution in [2.75, 3.05) is 53.0 Å². The first-order valence-corrected chi connectivity index (χ1v) is 8.41. The molecule has 4 heteroatoms. The normalized spacial score (nSPS) is 23.4. The van der Waals surface area contributed by atoms with Crippen molar-refractivity contribution >= 4 is 0 Å². The average Bonchev–Trinajstić information content (AvgIpc) is 3.29. The molecule has 20 heavy (non-hydrogen) atoms. The van der Waals surface area contributed by atoms with Crippen LogP contribution >= 0.6 is 0 Å². The predicted molar refractivity (Wildman–Crippen MR) is 83.9 cm³/mol. The fourth-order valence-corrected chi connectivity index (χ4v) is 3.22. The van der Waals surface area contributed by atoms with E-state index in [-0.39, 0.29) is 5.54 Å². The number of hydrogen-bond donors (Lipinski definition) is 1. The summed E-state index contributed by atoms with van der Waals surface area (Å²) in [4.78, 5) is 5.04. The largest absolute Gasteiger partial charge is 0.380 e.